The summed E-state index contributed by atoms with van der Waals surface area (Å²) in [5, 5.41) is 22.7. The fourth-order valence-electron chi connectivity index (χ4n) is 2.68. The van der Waals surface area contributed by atoms with Crippen LogP contribution in [0, 0.1) is 18.3 Å². The van der Waals surface area contributed by atoms with E-state index in [1.165, 1.54) is 0 Å². The maximum Gasteiger partial charge on any atom is 0.116 e. The second-order valence-corrected chi connectivity index (χ2v) is 7.78. The van der Waals surface area contributed by atoms with E-state index >= 15 is 0 Å². The number of aryl methyl sites for hydroxylation is 1. The van der Waals surface area contributed by atoms with Crippen molar-refractivity contribution in [3.05, 3.63) is 97.2 Å². The van der Waals surface area contributed by atoms with Gasteiger partial charge in [-0.05, 0) is 65.9 Å². The van der Waals surface area contributed by atoms with Gasteiger partial charge < -0.3 is 5.11 Å². The van der Waals surface area contributed by atoms with E-state index in [1.54, 1.807) is 61.7 Å². The highest BCUT2D eigenvalue weighted by molar-refractivity contribution is 9.10. The quantitative estimate of drug-likeness (QED) is 0.384. The second-order valence-electron chi connectivity index (χ2n) is 6.05. The lowest BCUT2D eigenvalue weighted by atomic mass is 10.0. The fraction of sp³-hybridized carbons (Fsp3) is 0.0952. The van der Waals surface area contributed by atoms with E-state index in [4.69, 9.17) is 28.5 Å². The summed E-state index contributed by atoms with van der Waals surface area (Å²) in [7, 11) is 0. The normalized spacial score (nSPS) is 12.5. The zero-order valence-electron chi connectivity index (χ0n) is 14.7. The number of aliphatic imine (C=N–C) groups is 1. The number of hydrogen-bond acceptors (Lipinski definition) is 4. The Balaban J connectivity index is 2.10. The van der Waals surface area contributed by atoms with Gasteiger partial charge in [-0.1, -0.05) is 51.3 Å². The largest absolute Gasteiger partial charge is 0.858 e. The number of nitriles is 1. The summed E-state index contributed by atoms with van der Waals surface area (Å²) >= 11 is 15.6. The fourth-order valence-corrected chi connectivity index (χ4v) is 3.34. The molecule has 0 spiro atoms. The van der Waals surface area contributed by atoms with Crippen molar-refractivity contribution in [3.8, 4) is 6.07 Å². The summed E-state index contributed by atoms with van der Waals surface area (Å²) in [5.41, 5.74) is 2.92. The molecule has 2 aromatic carbocycles. The number of halogens is 3. The monoisotopic (exact) mass is 472 g/mol. The Morgan fingerprint density at radius 2 is 1.93 bits per heavy atom. The molecule has 0 radical (unpaired) electrons. The topological polar surface area (TPSA) is 72.1 Å². The van der Waals surface area contributed by atoms with E-state index in [-0.39, 0.29) is 0 Å². The highest BCUT2D eigenvalue weighted by Crippen LogP contribution is 2.31. The average Bonchev–Trinajstić information content (AvgIpc) is 2.68. The molecule has 0 amide bonds. The lowest BCUT2D eigenvalue weighted by molar-refractivity contribution is -0.213. The Hall–Kier alpha value is -2.39. The highest BCUT2D eigenvalue weighted by atomic mass is 79.9. The van der Waals surface area contributed by atoms with Crippen LogP contribution in [0.2, 0.25) is 10.0 Å². The standard InChI is InChI=1S/C21H14BrCl2N3O/c1-12-8-14(2-3-15(12)11-25)21(28)27-20(19-10-16(22)6-7-26-19)13-4-5-17(23)18(24)9-13/h2-10,20H,1H3,(H,27,28)/p-1. The molecule has 4 nitrogen and oxygen atoms in total. The van der Waals surface area contributed by atoms with Gasteiger partial charge in [0.1, 0.15) is 6.04 Å². The van der Waals surface area contributed by atoms with Crippen LogP contribution in [0.1, 0.15) is 34.0 Å². The molecule has 3 aromatic rings. The predicted molar refractivity (Wildman–Crippen MR) is 113 cm³/mol. The van der Waals surface area contributed by atoms with Crippen molar-refractivity contribution in [2.45, 2.75) is 13.0 Å². The van der Waals surface area contributed by atoms with Gasteiger partial charge in [-0.15, -0.1) is 0 Å². The third kappa shape index (κ3) is 4.53. The van der Waals surface area contributed by atoms with Crippen molar-refractivity contribution in [2.75, 3.05) is 0 Å². The van der Waals surface area contributed by atoms with E-state index in [0.29, 0.717) is 32.4 Å². The lowest BCUT2D eigenvalue weighted by Gasteiger charge is -2.19. The Morgan fingerprint density at radius 3 is 2.57 bits per heavy atom. The third-order valence-electron chi connectivity index (χ3n) is 4.12. The van der Waals surface area contributed by atoms with E-state index in [0.717, 1.165) is 10.0 Å². The van der Waals surface area contributed by atoms with Crippen LogP contribution < -0.4 is 5.11 Å². The number of rotatable bonds is 4. The van der Waals surface area contributed by atoms with Gasteiger partial charge in [0.25, 0.3) is 0 Å². The number of nitrogens with zero attached hydrogens (tertiary/aromatic N) is 3. The molecule has 0 saturated heterocycles. The number of hydrogen-bond donors (Lipinski definition) is 0. The van der Waals surface area contributed by atoms with Crippen LogP contribution in [0.4, 0.5) is 0 Å². The molecular formula is C21H13BrCl2N3O-. The van der Waals surface area contributed by atoms with Crippen LogP contribution in [-0.2, 0) is 0 Å². The van der Waals surface area contributed by atoms with Gasteiger partial charge in [-0.2, -0.15) is 5.26 Å². The van der Waals surface area contributed by atoms with Gasteiger partial charge in [0.2, 0.25) is 0 Å². The number of pyridine rings is 1. The third-order valence-corrected chi connectivity index (χ3v) is 5.36. The molecule has 28 heavy (non-hydrogen) atoms. The molecule has 3 rings (SSSR count). The predicted octanol–water partition coefficient (Wildman–Crippen LogP) is 5.23. The minimum atomic E-state index is -0.657. The second kappa shape index (κ2) is 8.74. The summed E-state index contributed by atoms with van der Waals surface area (Å²) in [5.74, 6) is -0.412. The molecule has 0 aliphatic rings. The van der Waals surface area contributed by atoms with Gasteiger partial charge in [-0.3, -0.25) is 9.98 Å². The Bertz CT molecular complexity index is 1110. The van der Waals surface area contributed by atoms with Crippen molar-refractivity contribution in [3.63, 3.8) is 0 Å². The molecule has 0 aliphatic carbocycles. The van der Waals surface area contributed by atoms with Crippen molar-refractivity contribution >= 4 is 45.0 Å². The molecule has 1 atom stereocenters. The van der Waals surface area contributed by atoms with Gasteiger partial charge in [-0.25, -0.2) is 0 Å². The van der Waals surface area contributed by atoms with E-state index in [1.807, 2.05) is 0 Å². The zero-order valence-corrected chi connectivity index (χ0v) is 17.8. The molecule has 0 saturated carbocycles. The van der Waals surface area contributed by atoms with Crippen molar-refractivity contribution in [2.24, 2.45) is 4.99 Å². The minimum absolute atomic E-state index is 0.371. The molecule has 1 aromatic heterocycles. The molecule has 0 aliphatic heterocycles. The van der Waals surface area contributed by atoms with Crippen LogP contribution in [0.3, 0.4) is 0 Å². The zero-order chi connectivity index (χ0) is 20.3. The smallest absolute Gasteiger partial charge is 0.116 e. The number of benzene rings is 2. The molecule has 1 unspecified atom stereocenters. The van der Waals surface area contributed by atoms with Gasteiger partial charge in [0, 0.05) is 10.7 Å². The average molecular weight is 474 g/mol. The minimum Gasteiger partial charge on any atom is -0.858 e. The van der Waals surface area contributed by atoms with Crippen LogP contribution in [0.25, 0.3) is 0 Å². The summed E-state index contributed by atoms with van der Waals surface area (Å²) in [6.45, 7) is 1.78. The van der Waals surface area contributed by atoms with Crippen molar-refractivity contribution in [1.29, 1.82) is 5.26 Å². The summed E-state index contributed by atoms with van der Waals surface area (Å²) in [6.07, 6.45) is 1.63. The molecule has 7 heteroatoms. The molecular weight excluding hydrogens is 461 g/mol. The van der Waals surface area contributed by atoms with E-state index in [2.05, 4.69) is 32.0 Å². The van der Waals surface area contributed by atoms with Crippen LogP contribution in [0.15, 0.2) is 64.2 Å². The van der Waals surface area contributed by atoms with Gasteiger partial charge in [0.05, 0.1) is 27.4 Å². The molecule has 1 heterocycles. The Morgan fingerprint density at radius 1 is 1.14 bits per heavy atom. The molecule has 140 valence electrons. The lowest BCUT2D eigenvalue weighted by Crippen LogP contribution is -2.21. The first-order valence-electron chi connectivity index (χ1n) is 8.21. The maximum absolute atomic E-state index is 12.8. The van der Waals surface area contributed by atoms with E-state index < -0.39 is 11.9 Å². The van der Waals surface area contributed by atoms with Crippen LogP contribution in [-0.4, -0.2) is 10.9 Å². The van der Waals surface area contributed by atoms with Crippen LogP contribution in [0.5, 0.6) is 0 Å². The summed E-state index contributed by atoms with van der Waals surface area (Å²) < 4.78 is 0.819. The number of aromatic nitrogens is 1. The first-order chi connectivity index (χ1) is 13.4. The SMILES string of the molecule is Cc1cc(C([O-])=NC(c2ccc(Cl)c(Cl)c2)c2cc(Br)ccn2)ccc1C#N. The summed E-state index contributed by atoms with van der Waals surface area (Å²) in [6, 6.07) is 15.0. The molecule has 0 bridgehead atoms. The van der Waals surface area contributed by atoms with Crippen molar-refractivity contribution in [1.82, 2.24) is 4.98 Å². The first-order valence-corrected chi connectivity index (χ1v) is 9.76. The first kappa shape index (κ1) is 20.3. The van der Waals surface area contributed by atoms with Gasteiger partial charge in [0.15, 0.2) is 0 Å². The van der Waals surface area contributed by atoms with Gasteiger partial charge >= 0.3 is 0 Å². The Labute approximate surface area is 181 Å². The summed E-state index contributed by atoms with van der Waals surface area (Å²) in [4.78, 5) is 8.75. The van der Waals surface area contributed by atoms with Crippen molar-refractivity contribution < 1.29 is 5.11 Å². The van der Waals surface area contributed by atoms with Crippen LogP contribution >= 0.6 is 39.1 Å². The van der Waals surface area contributed by atoms with E-state index in [9.17, 15) is 5.11 Å². The maximum atomic E-state index is 12.8. The molecule has 0 N–H and O–H groups in total. The Kier molecular flexibility index (Phi) is 6.35. The highest BCUT2D eigenvalue weighted by Gasteiger charge is 2.16. The molecule has 0 fully saturated rings.